The topological polar surface area (TPSA) is 17.1 Å². The maximum absolute atomic E-state index is 12.3. The Kier molecular flexibility index (Phi) is 3.79. The predicted molar refractivity (Wildman–Crippen MR) is 75.9 cm³/mol. The Morgan fingerprint density at radius 3 is 2.47 bits per heavy atom. The lowest BCUT2D eigenvalue weighted by Gasteiger charge is -2.08. The number of aryl methyl sites for hydroxylation is 1. The fourth-order valence-electron chi connectivity index (χ4n) is 1.69. The number of Topliss-reactive ketones (excluding diaryl/α,β-unsaturated/α-hetero) is 1. The van der Waals surface area contributed by atoms with Crippen molar-refractivity contribution in [2.75, 3.05) is 0 Å². The van der Waals surface area contributed by atoms with E-state index in [0.29, 0.717) is 0 Å². The second-order valence-corrected chi connectivity index (χ2v) is 6.12. The largest absolute Gasteiger partial charge is 0.293 e. The molecule has 0 amide bonds. The van der Waals surface area contributed by atoms with Gasteiger partial charge in [0.25, 0.3) is 0 Å². The Labute approximate surface area is 114 Å². The molecule has 3 heteroatoms. The van der Waals surface area contributed by atoms with Gasteiger partial charge in [0.15, 0.2) is 5.78 Å². The number of benzene rings is 1. The zero-order valence-electron chi connectivity index (χ0n) is 9.74. The van der Waals surface area contributed by atoms with Crippen LogP contribution in [0.4, 0.5) is 0 Å². The number of halogens is 1. The lowest BCUT2D eigenvalue weighted by Crippen LogP contribution is -2.07. The Hall–Kier alpha value is -0.930. The highest BCUT2D eigenvalue weighted by atomic mass is 79.9. The number of rotatable bonds is 3. The van der Waals surface area contributed by atoms with Crippen LogP contribution in [0.1, 0.15) is 33.0 Å². The molecule has 88 valence electrons. The van der Waals surface area contributed by atoms with Gasteiger partial charge in [0.05, 0.1) is 4.88 Å². The lowest BCUT2D eigenvalue weighted by molar-refractivity contribution is 0.0970. The van der Waals surface area contributed by atoms with Gasteiger partial charge >= 0.3 is 0 Å². The van der Waals surface area contributed by atoms with Crippen molar-refractivity contribution in [1.29, 1.82) is 0 Å². The van der Waals surface area contributed by atoms with Gasteiger partial charge in [-0.05, 0) is 34.5 Å². The summed E-state index contributed by atoms with van der Waals surface area (Å²) in [5, 5.41) is 0. The number of hydrogen-bond acceptors (Lipinski definition) is 2. The molecule has 17 heavy (non-hydrogen) atoms. The van der Waals surface area contributed by atoms with Crippen LogP contribution in [0.25, 0.3) is 0 Å². The van der Waals surface area contributed by atoms with Crippen LogP contribution in [0.5, 0.6) is 0 Å². The van der Waals surface area contributed by atoms with Crippen molar-refractivity contribution in [3.8, 4) is 0 Å². The van der Waals surface area contributed by atoms with E-state index in [9.17, 15) is 4.79 Å². The fourth-order valence-corrected chi connectivity index (χ4v) is 3.25. The van der Waals surface area contributed by atoms with E-state index in [0.717, 1.165) is 19.8 Å². The highest BCUT2D eigenvalue weighted by Crippen LogP contribution is 2.30. The third kappa shape index (κ3) is 2.67. The standard InChI is InChI=1S/C14H13BrOS/c1-9(11-6-4-3-5-7-11)14(16)13-8-12(15)10(2)17-13/h3-9H,1-2H3. The zero-order chi connectivity index (χ0) is 12.4. The molecule has 0 radical (unpaired) electrons. The molecule has 0 saturated carbocycles. The summed E-state index contributed by atoms with van der Waals surface area (Å²) < 4.78 is 1.02. The highest BCUT2D eigenvalue weighted by molar-refractivity contribution is 9.10. The molecule has 0 saturated heterocycles. The highest BCUT2D eigenvalue weighted by Gasteiger charge is 2.19. The predicted octanol–water partition coefficient (Wildman–Crippen LogP) is 4.81. The summed E-state index contributed by atoms with van der Waals surface area (Å²) in [7, 11) is 0. The molecule has 1 aromatic heterocycles. The molecule has 0 bridgehead atoms. The summed E-state index contributed by atoms with van der Waals surface area (Å²) in [6, 6.07) is 11.8. The number of ketones is 1. The van der Waals surface area contributed by atoms with Gasteiger partial charge in [-0.2, -0.15) is 0 Å². The third-order valence-electron chi connectivity index (χ3n) is 2.79. The Morgan fingerprint density at radius 2 is 1.94 bits per heavy atom. The van der Waals surface area contributed by atoms with Crippen molar-refractivity contribution in [1.82, 2.24) is 0 Å². The van der Waals surface area contributed by atoms with Crippen LogP contribution in [0.3, 0.4) is 0 Å². The van der Waals surface area contributed by atoms with E-state index in [4.69, 9.17) is 0 Å². The van der Waals surface area contributed by atoms with Crippen molar-refractivity contribution >= 4 is 33.0 Å². The number of carbonyl (C=O) groups excluding carboxylic acids is 1. The average Bonchev–Trinajstić information content (AvgIpc) is 2.69. The molecule has 2 aromatic rings. The summed E-state index contributed by atoms with van der Waals surface area (Å²) in [4.78, 5) is 14.3. The first-order chi connectivity index (χ1) is 8.09. The van der Waals surface area contributed by atoms with Crippen LogP contribution in [0.15, 0.2) is 40.9 Å². The molecule has 0 aliphatic heterocycles. The van der Waals surface area contributed by atoms with Crippen LogP contribution in [0.2, 0.25) is 0 Å². The molecule has 1 unspecified atom stereocenters. The number of hydrogen-bond donors (Lipinski definition) is 0. The van der Waals surface area contributed by atoms with Gasteiger partial charge in [-0.1, -0.05) is 37.3 Å². The van der Waals surface area contributed by atoms with Gasteiger partial charge in [0, 0.05) is 15.3 Å². The van der Waals surface area contributed by atoms with E-state index >= 15 is 0 Å². The minimum atomic E-state index is -0.0823. The Balaban J connectivity index is 2.26. The van der Waals surface area contributed by atoms with Crippen molar-refractivity contribution < 1.29 is 4.79 Å². The summed E-state index contributed by atoms with van der Waals surface area (Å²) >= 11 is 5.00. The summed E-state index contributed by atoms with van der Waals surface area (Å²) in [5.74, 6) is 0.108. The van der Waals surface area contributed by atoms with Crippen molar-refractivity contribution in [2.24, 2.45) is 0 Å². The molecule has 2 rings (SSSR count). The number of carbonyl (C=O) groups is 1. The molecular weight excluding hydrogens is 296 g/mol. The second-order valence-electron chi connectivity index (χ2n) is 4.01. The monoisotopic (exact) mass is 308 g/mol. The molecule has 1 nitrogen and oxygen atoms in total. The van der Waals surface area contributed by atoms with Crippen LogP contribution in [0, 0.1) is 6.92 Å². The quantitative estimate of drug-likeness (QED) is 0.744. The molecular formula is C14H13BrOS. The van der Waals surface area contributed by atoms with E-state index in [-0.39, 0.29) is 11.7 Å². The molecule has 1 heterocycles. The van der Waals surface area contributed by atoms with E-state index in [2.05, 4.69) is 15.9 Å². The summed E-state index contributed by atoms with van der Waals surface area (Å²) in [6.07, 6.45) is 0. The Morgan fingerprint density at radius 1 is 1.29 bits per heavy atom. The lowest BCUT2D eigenvalue weighted by atomic mass is 9.96. The first-order valence-electron chi connectivity index (χ1n) is 5.44. The van der Waals surface area contributed by atoms with Crippen molar-refractivity contribution in [3.63, 3.8) is 0 Å². The first-order valence-corrected chi connectivity index (χ1v) is 7.05. The zero-order valence-corrected chi connectivity index (χ0v) is 12.1. The van der Waals surface area contributed by atoms with Crippen molar-refractivity contribution in [2.45, 2.75) is 19.8 Å². The minimum absolute atomic E-state index is 0.0823. The van der Waals surface area contributed by atoms with Gasteiger partial charge in [0.2, 0.25) is 0 Å². The van der Waals surface area contributed by atoms with Crippen LogP contribution in [-0.4, -0.2) is 5.78 Å². The van der Waals surface area contributed by atoms with Crippen LogP contribution >= 0.6 is 27.3 Å². The molecule has 0 N–H and O–H groups in total. The molecule has 0 aliphatic rings. The normalized spacial score (nSPS) is 12.4. The SMILES string of the molecule is Cc1sc(C(=O)C(C)c2ccccc2)cc1Br. The molecule has 1 atom stereocenters. The smallest absolute Gasteiger partial charge is 0.179 e. The van der Waals surface area contributed by atoms with E-state index < -0.39 is 0 Å². The molecule has 1 aromatic carbocycles. The van der Waals surface area contributed by atoms with E-state index in [1.54, 1.807) is 11.3 Å². The van der Waals surface area contributed by atoms with Crippen LogP contribution in [-0.2, 0) is 0 Å². The third-order valence-corrected chi connectivity index (χ3v) is 4.94. The van der Waals surface area contributed by atoms with E-state index in [1.165, 1.54) is 0 Å². The maximum Gasteiger partial charge on any atom is 0.179 e. The summed E-state index contributed by atoms with van der Waals surface area (Å²) in [5.41, 5.74) is 1.07. The first kappa shape index (κ1) is 12.5. The van der Waals surface area contributed by atoms with E-state index in [1.807, 2.05) is 50.2 Å². The minimum Gasteiger partial charge on any atom is -0.293 e. The number of thiophene rings is 1. The fraction of sp³-hybridized carbons (Fsp3) is 0.214. The van der Waals surface area contributed by atoms with Crippen LogP contribution < -0.4 is 0 Å². The maximum atomic E-state index is 12.3. The van der Waals surface area contributed by atoms with Gasteiger partial charge in [0.1, 0.15) is 0 Å². The van der Waals surface area contributed by atoms with Crippen molar-refractivity contribution in [3.05, 3.63) is 56.2 Å². The molecule has 0 aliphatic carbocycles. The van der Waals surface area contributed by atoms with Gasteiger partial charge in [-0.3, -0.25) is 4.79 Å². The average molecular weight is 309 g/mol. The van der Waals surface area contributed by atoms with Gasteiger partial charge in [-0.25, -0.2) is 0 Å². The molecule has 0 fully saturated rings. The van der Waals surface area contributed by atoms with Gasteiger partial charge in [-0.15, -0.1) is 11.3 Å². The summed E-state index contributed by atoms with van der Waals surface area (Å²) in [6.45, 7) is 3.97. The second kappa shape index (κ2) is 5.15. The Bertz CT molecular complexity index is 511. The molecule has 0 spiro atoms. The van der Waals surface area contributed by atoms with Gasteiger partial charge < -0.3 is 0 Å².